The van der Waals surface area contributed by atoms with Crippen molar-refractivity contribution in [3.8, 4) is 0 Å². The van der Waals surface area contributed by atoms with Gasteiger partial charge in [-0.05, 0) is 54.1 Å². The molecule has 0 amide bonds. The Balaban J connectivity index is 1.65. The monoisotopic (exact) mass is 372 g/mol. The Morgan fingerprint density at radius 1 is 1.12 bits per heavy atom. The Morgan fingerprint density at radius 2 is 1.96 bits per heavy atom. The van der Waals surface area contributed by atoms with Crippen LogP contribution in [-0.4, -0.2) is 11.2 Å². The highest BCUT2D eigenvalue weighted by molar-refractivity contribution is 7.99. The number of halogens is 2. The van der Waals surface area contributed by atoms with E-state index in [4.69, 9.17) is 16.4 Å². The van der Waals surface area contributed by atoms with Crippen molar-refractivity contribution in [1.29, 1.82) is 0 Å². The minimum Gasteiger partial charge on any atom is -0.391 e. The number of hydrogen-bond donors (Lipinski definition) is 0. The molecular weight excluding hydrogens is 359 g/mol. The van der Waals surface area contributed by atoms with Crippen LogP contribution >= 0.6 is 23.4 Å². The minimum absolute atomic E-state index is 0.203. The maximum Gasteiger partial charge on any atom is 0.142 e. The van der Waals surface area contributed by atoms with Gasteiger partial charge in [0.1, 0.15) is 17.5 Å². The summed E-state index contributed by atoms with van der Waals surface area (Å²) in [5, 5.41) is 5.46. The van der Waals surface area contributed by atoms with Crippen LogP contribution in [0.4, 0.5) is 4.39 Å². The second kappa shape index (κ2) is 8.65. The first kappa shape index (κ1) is 17.5. The van der Waals surface area contributed by atoms with Gasteiger partial charge in [-0.25, -0.2) is 9.37 Å². The zero-order valence-corrected chi connectivity index (χ0v) is 14.7. The molecule has 0 saturated heterocycles. The summed E-state index contributed by atoms with van der Waals surface area (Å²) in [5.41, 5.74) is 1.56. The molecule has 0 radical (unpaired) electrons. The highest BCUT2D eigenvalue weighted by atomic mass is 35.5. The molecule has 1 heterocycles. The number of nitrogens with zero attached hydrogens (tertiary/aromatic N) is 2. The number of pyridine rings is 1. The Labute approximate surface area is 154 Å². The summed E-state index contributed by atoms with van der Waals surface area (Å²) in [5.74, 6) is -0.293. The maximum atomic E-state index is 13.1. The number of benzene rings is 2. The molecule has 2 aromatic carbocycles. The third-order valence-corrected chi connectivity index (χ3v) is 4.51. The van der Waals surface area contributed by atoms with E-state index in [-0.39, 0.29) is 12.4 Å². The molecule has 126 valence electrons. The topological polar surface area (TPSA) is 34.5 Å². The smallest absolute Gasteiger partial charge is 0.142 e. The van der Waals surface area contributed by atoms with Gasteiger partial charge >= 0.3 is 0 Å². The molecule has 1 aromatic heterocycles. The molecule has 0 aliphatic carbocycles. The summed E-state index contributed by atoms with van der Waals surface area (Å²) < 4.78 is 13.1. The average Bonchev–Trinajstić information content (AvgIpc) is 2.62. The van der Waals surface area contributed by atoms with Gasteiger partial charge < -0.3 is 4.84 Å². The van der Waals surface area contributed by atoms with Gasteiger partial charge in [0.15, 0.2) is 0 Å². The average molecular weight is 373 g/mol. The largest absolute Gasteiger partial charge is 0.391 e. The van der Waals surface area contributed by atoms with Crippen molar-refractivity contribution in [2.24, 2.45) is 5.16 Å². The van der Waals surface area contributed by atoms with Crippen LogP contribution in [0, 0.1) is 5.82 Å². The molecule has 0 bridgehead atoms. The third kappa shape index (κ3) is 5.31. The lowest BCUT2D eigenvalue weighted by molar-refractivity contribution is 0.132. The van der Waals surface area contributed by atoms with E-state index < -0.39 is 0 Å². The molecule has 25 heavy (non-hydrogen) atoms. The van der Waals surface area contributed by atoms with Gasteiger partial charge in [0, 0.05) is 21.7 Å². The predicted octanol–water partition coefficient (Wildman–Crippen LogP) is 5.58. The van der Waals surface area contributed by atoms with Crippen molar-refractivity contribution in [2.45, 2.75) is 16.5 Å². The van der Waals surface area contributed by atoms with Crippen molar-refractivity contribution in [3.05, 3.63) is 88.8 Å². The van der Waals surface area contributed by atoms with Crippen LogP contribution in [0.3, 0.4) is 0 Å². The lowest BCUT2D eigenvalue weighted by Gasteiger charge is -2.04. The molecule has 0 atom stereocenters. The molecule has 0 spiro atoms. The molecular formula is C19H14ClFN2OS. The quantitative estimate of drug-likeness (QED) is 0.418. The zero-order chi connectivity index (χ0) is 17.5. The maximum absolute atomic E-state index is 13.1. The van der Waals surface area contributed by atoms with Crippen molar-refractivity contribution in [1.82, 2.24) is 4.98 Å². The van der Waals surface area contributed by atoms with Gasteiger partial charge in [-0.15, -0.1) is 0 Å². The fourth-order valence-electron chi connectivity index (χ4n) is 2.03. The van der Waals surface area contributed by atoms with Gasteiger partial charge in [-0.2, -0.15) is 0 Å². The lowest BCUT2D eigenvalue weighted by Crippen LogP contribution is -1.92. The van der Waals surface area contributed by atoms with Gasteiger partial charge in [-0.3, -0.25) is 0 Å². The van der Waals surface area contributed by atoms with E-state index in [1.807, 2.05) is 36.4 Å². The third-order valence-electron chi connectivity index (χ3n) is 3.22. The van der Waals surface area contributed by atoms with Crippen LogP contribution in [0.15, 0.2) is 81.9 Å². The van der Waals surface area contributed by atoms with Gasteiger partial charge in [0.2, 0.25) is 0 Å². The van der Waals surface area contributed by atoms with Crippen LogP contribution in [-0.2, 0) is 11.4 Å². The summed E-state index contributed by atoms with van der Waals surface area (Å²) in [4.78, 5) is 10.7. The predicted molar refractivity (Wildman–Crippen MR) is 98.6 cm³/mol. The van der Waals surface area contributed by atoms with E-state index in [0.717, 1.165) is 21.0 Å². The van der Waals surface area contributed by atoms with Crippen LogP contribution in [0.2, 0.25) is 5.02 Å². The number of hydrogen-bond acceptors (Lipinski definition) is 4. The molecule has 0 aliphatic heterocycles. The Kier molecular flexibility index (Phi) is 6.04. The molecule has 0 saturated carbocycles. The second-order valence-electron chi connectivity index (χ2n) is 5.09. The molecule has 3 nitrogen and oxygen atoms in total. The zero-order valence-electron chi connectivity index (χ0n) is 13.1. The summed E-state index contributed by atoms with van der Waals surface area (Å²) in [7, 11) is 0. The first-order valence-corrected chi connectivity index (χ1v) is 8.68. The van der Waals surface area contributed by atoms with E-state index in [1.165, 1.54) is 23.9 Å². The molecule has 0 N–H and O–H groups in total. The standard InChI is InChI=1S/C19H14ClFN2OS/c20-16-6-8-18(9-7-16)25-19-15(4-2-10-22-19)12-23-24-13-14-3-1-5-17(21)11-14/h1-12H,13H2/b23-12-. The van der Waals surface area contributed by atoms with Crippen LogP contribution in [0.25, 0.3) is 0 Å². The number of rotatable bonds is 6. The fourth-order valence-corrected chi connectivity index (χ4v) is 3.01. The minimum atomic E-state index is -0.293. The molecule has 0 unspecified atom stereocenters. The van der Waals surface area contributed by atoms with Crippen molar-refractivity contribution >= 4 is 29.6 Å². The Hall–Kier alpha value is -2.37. The summed E-state index contributed by atoms with van der Waals surface area (Å²) >= 11 is 7.42. The SMILES string of the molecule is Fc1cccc(CO/N=C\c2cccnc2Sc2ccc(Cl)cc2)c1. The summed E-state index contributed by atoms with van der Waals surface area (Å²) in [6.45, 7) is 0.203. The van der Waals surface area contributed by atoms with E-state index >= 15 is 0 Å². The Bertz CT molecular complexity index is 871. The van der Waals surface area contributed by atoms with E-state index in [1.54, 1.807) is 24.5 Å². The second-order valence-corrected chi connectivity index (χ2v) is 6.59. The van der Waals surface area contributed by atoms with Gasteiger partial charge in [0.05, 0.1) is 6.21 Å². The molecule has 0 fully saturated rings. The van der Waals surface area contributed by atoms with Crippen molar-refractivity contribution < 1.29 is 9.23 Å². The summed E-state index contributed by atoms with van der Waals surface area (Å²) in [6.07, 6.45) is 3.33. The van der Waals surface area contributed by atoms with Crippen LogP contribution < -0.4 is 0 Å². The van der Waals surface area contributed by atoms with Crippen LogP contribution in [0.5, 0.6) is 0 Å². The molecule has 0 aliphatic rings. The van der Waals surface area contributed by atoms with Crippen molar-refractivity contribution in [2.75, 3.05) is 0 Å². The van der Waals surface area contributed by atoms with E-state index in [2.05, 4.69) is 10.1 Å². The van der Waals surface area contributed by atoms with E-state index in [0.29, 0.717) is 5.02 Å². The highest BCUT2D eigenvalue weighted by Crippen LogP contribution is 2.28. The van der Waals surface area contributed by atoms with Crippen LogP contribution in [0.1, 0.15) is 11.1 Å². The van der Waals surface area contributed by atoms with Crippen molar-refractivity contribution in [3.63, 3.8) is 0 Å². The fraction of sp³-hybridized carbons (Fsp3) is 0.0526. The highest BCUT2D eigenvalue weighted by Gasteiger charge is 2.04. The van der Waals surface area contributed by atoms with Gasteiger partial charge in [0.25, 0.3) is 0 Å². The number of aromatic nitrogens is 1. The molecule has 3 aromatic rings. The Morgan fingerprint density at radius 3 is 2.76 bits per heavy atom. The summed E-state index contributed by atoms with van der Waals surface area (Å²) in [6, 6.07) is 17.5. The lowest BCUT2D eigenvalue weighted by atomic mass is 10.2. The molecule has 3 rings (SSSR count). The molecule has 6 heteroatoms. The first-order chi connectivity index (χ1) is 12.2. The normalized spacial score (nSPS) is 11.0. The first-order valence-electron chi connectivity index (χ1n) is 7.49. The number of oxime groups is 1. The van der Waals surface area contributed by atoms with Gasteiger partial charge in [-0.1, -0.05) is 40.7 Å². The van der Waals surface area contributed by atoms with E-state index in [9.17, 15) is 4.39 Å².